The summed E-state index contributed by atoms with van der Waals surface area (Å²) in [4.78, 5) is 12.1. The maximum atomic E-state index is 13.3. The Kier molecular flexibility index (Phi) is 10.4. The van der Waals surface area contributed by atoms with Gasteiger partial charge in [-0.05, 0) is 18.3 Å². The third-order valence-corrected chi connectivity index (χ3v) is 4.87. The van der Waals surface area contributed by atoms with E-state index in [9.17, 15) is 62.6 Å². The summed E-state index contributed by atoms with van der Waals surface area (Å²) in [5.74, 6) is -2.39. The number of aliphatic hydroxyl groups excluding tert-OH is 1. The molecule has 0 aliphatic heterocycles. The molecule has 0 rings (SSSR count). The van der Waals surface area contributed by atoms with Gasteiger partial charge in [0.15, 0.2) is 0 Å². The van der Waals surface area contributed by atoms with Crippen molar-refractivity contribution in [1.82, 2.24) is 0 Å². The molecule has 0 bridgehead atoms. The van der Waals surface area contributed by atoms with E-state index in [2.05, 4.69) is 9.47 Å². The first-order valence-electron chi connectivity index (χ1n) is 9.75. The van der Waals surface area contributed by atoms with Crippen molar-refractivity contribution >= 4 is 5.97 Å². The van der Waals surface area contributed by atoms with Crippen LogP contribution in [0.25, 0.3) is 0 Å². The van der Waals surface area contributed by atoms with Crippen LogP contribution in [0, 0.1) is 17.8 Å². The Bertz CT molecular complexity index is 666. The summed E-state index contributed by atoms with van der Waals surface area (Å²) >= 11 is 0. The van der Waals surface area contributed by atoms with E-state index in [4.69, 9.17) is 5.11 Å². The molecule has 2 unspecified atom stereocenters. The van der Waals surface area contributed by atoms with E-state index in [1.807, 2.05) is 0 Å². The van der Waals surface area contributed by atoms with Crippen molar-refractivity contribution < 1.29 is 77.2 Å². The van der Waals surface area contributed by atoms with Gasteiger partial charge in [-0.15, -0.1) is 0 Å². The normalized spacial score (nSPS) is 16.6. The summed E-state index contributed by atoms with van der Waals surface area (Å²) in [5.41, 5.74) is -14.8. The molecule has 0 heterocycles. The molecule has 2 atom stereocenters. The van der Waals surface area contributed by atoms with Crippen LogP contribution < -0.4 is 0 Å². The minimum Gasteiger partial charge on any atom is -0.463 e. The third kappa shape index (κ3) is 6.84. The van der Waals surface area contributed by atoms with Gasteiger partial charge in [0, 0.05) is 0 Å². The van der Waals surface area contributed by atoms with E-state index in [-0.39, 0.29) is 18.3 Å². The van der Waals surface area contributed by atoms with Crippen molar-refractivity contribution in [3.05, 3.63) is 0 Å². The number of hydrogen-bond acceptors (Lipinski definition) is 5. The summed E-state index contributed by atoms with van der Waals surface area (Å²) in [6.07, 6.45) is -32.8. The van der Waals surface area contributed by atoms with E-state index in [0.29, 0.717) is 0 Å². The monoisotopic (exact) mass is 548 g/mol. The van der Waals surface area contributed by atoms with Crippen LogP contribution in [0.2, 0.25) is 0 Å². The number of alkyl halides is 12. The Morgan fingerprint density at radius 2 is 1.14 bits per heavy atom. The van der Waals surface area contributed by atoms with E-state index in [0.717, 1.165) is 0 Å². The van der Waals surface area contributed by atoms with Crippen LogP contribution in [0.1, 0.15) is 34.1 Å². The van der Waals surface area contributed by atoms with Gasteiger partial charge in [0.1, 0.15) is 12.7 Å². The third-order valence-electron chi connectivity index (χ3n) is 4.87. The number of carbonyl (C=O) groups is 1. The summed E-state index contributed by atoms with van der Waals surface area (Å²) in [5, 5.41) is 18.6. The second-order valence-electron chi connectivity index (χ2n) is 8.46. The first-order valence-corrected chi connectivity index (χ1v) is 9.75. The van der Waals surface area contributed by atoms with Crippen molar-refractivity contribution in [3.8, 4) is 0 Å². The van der Waals surface area contributed by atoms with Gasteiger partial charge in [0.05, 0.1) is 12.5 Å². The van der Waals surface area contributed by atoms with Gasteiger partial charge in [-0.2, -0.15) is 52.7 Å². The Balaban J connectivity index is 6.17. The second-order valence-corrected chi connectivity index (χ2v) is 8.46. The highest BCUT2D eigenvalue weighted by atomic mass is 19.4. The summed E-state index contributed by atoms with van der Waals surface area (Å²) < 4.78 is 166. The first-order chi connectivity index (χ1) is 15.3. The van der Waals surface area contributed by atoms with Crippen LogP contribution in [0.15, 0.2) is 0 Å². The molecule has 0 aliphatic carbocycles. The second kappa shape index (κ2) is 10.9. The van der Waals surface area contributed by atoms with Crippen molar-refractivity contribution in [3.63, 3.8) is 0 Å². The van der Waals surface area contributed by atoms with Crippen molar-refractivity contribution in [1.29, 1.82) is 0 Å². The average Bonchev–Trinajstić information content (AvgIpc) is 2.59. The molecule has 0 spiro atoms. The van der Waals surface area contributed by atoms with Crippen LogP contribution in [0.4, 0.5) is 52.7 Å². The predicted octanol–water partition coefficient (Wildman–Crippen LogP) is 4.94. The molecule has 35 heavy (non-hydrogen) atoms. The van der Waals surface area contributed by atoms with Gasteiger partial charge in [0.2, 0.25) is 0 Å². The molecule has 210 valence electrons. The zero-order chi connectivity index (χ0) is 28.4. The van der Waals surface area contributed by atoms with Gasteiger partial charge < -0.3 is 19.7 Å². The van der Waals surface area contributed by atoms with Gasteiger partial charge in [-0.1, -0.05) is 27.7 Å². The van der Waals surface area contributed by atoms with Crippen LogP contribution in [0.3, 0.4) is 0 Å². The molecule has 0 aromatic heterocycles. The highest BCUT2D eigenvalue weighted by molar-refractivity contribution is 5.72. The van der Waals surface area contributed by atoms with Gasteiger partial charge in [-0.3, -0.25) is 4.79 Å². The highest BCUT2D eigenvalue weighted by Gasteiger charge is 2.94. The highest BCUT2D eigenvalue weighted by Crippen LogP contribution is 2.61. The molecule has 0 aromatic carbocycles. The number of aliphatic hydroxyl groups is 2. The summed E-state index contributed by atoms with van der Waals surface area (Å²) in [6.45, 7) is 2.59. The van der Waals surface area contributed by atoms with E-state index < -0.39 is 67.1 Å². The van der Waals surface area contributed by atoms with E-state index >= 15 is 0 Å². The van der Waals surface area contributed by atoms with Crippen LogP contribution in [-0.2, 0) is 14.3 Å². The number of rotatable bonds is 10. The fraction of sp³-hybridized carbons (Fsp3) is 0.944. The molecule has 0 saturated carbocycles. The molecule has 0 amide bonds. The van der Waals surface area contributed by atoms with Crippen LogP contribution in [0.5, 0.6) is 0 Å². The Morgan fingerprint density at radius 3 is 1.43 bits per heavy atom. The van der Waals surface area contributed by atoms with Crippen molar-refractivity contribution in [2.75, 3.05) is 13.2 Å². The lowest BCUT2D eigenvalue weighted by molar-refractivity contribution is -0.504. The number of carbonyl (C=O) groups excluding carboxylic acids is 1. The lowest BCUT2D eigenvalue weighted by Gasteiger charge is -2.48. The Morgan fingerprint density at radius 1 is 0.743 bits per heavy atom. The maximum absolute atomic E-state index is 13.3. The van der Waals surface area contributed by atoms with Gasteiger partial charge in [0.25, 0.3) is 0 Å². The number of ether oxygens (including phenoxy) is 2. The number of halogens is 12. The van der Waals surface area contributed by atoms with E-state index in [1.54, 1.807) is 27.7 Å². The molecule has 17 heteroatoms. The smallest absolute Gasteiger partial charge is 0.430 e. The molecule has 0 aliphatic rings. The lowest BCUT2D eigenvalue weighted by atomic mass is 9.79. The molecule has 0 fully saturated rings. The molecule has 2 N–H and O–H groups in total. The minimum absolute atomic E-state index is 0.0789. The number of esters is 1. The fourth-order valence-electron chi connectivity index (χ4n) is 3.10. The molecule has 0 aromatic rings. The molecular weight excluding hydrogens is 524 g/mol. The average molecular weight is 548 g/mol. The lowest BCUT2D eigenvalue weighted by Crippen LogP contribution is -2.81. The van der Waals surface area contributed by atoms with Crippen molar-refractivity contribution in [2.45, 2.75) is 76.1 Å². The largest absolute Gasteiger partial charge is 0.463 e. The molecular formula is C18H24F12O5. The summed E-state index contributed by atoms with van der Waals surface area (Å²) in [7, 11) is 0. The predicted molar refractivity (Wildman–Crippen MR) is 92.6 cm³/mol. The fourth-order valence-corrected chi connectivity index (χ4v) is 3.10. The summed E-state index contributed by atoms with van der Waals surface area (Å²) in [6, 6.07) is 0. The van der Waals surface area contributed by atoms with Crippen LogP contribution in [-0.4, -0.2) is 71.4 Å². The quantitative estimate of drug-likeness (QED) is 0.299. The topological polar surface area (TPSA) is 76.0 Å². The Labute approximate surface area is 191 Å². The first kappa shape index (κ1) is 33.5. The van der Waals surface area contributed by atoms with Crippen LogP contribution >= 0.6 is 0 Å². The zero-order valence-electron chi connectivity index (χ0n) is 18.6. The zero-order valence-corrected chi connectivity index (χ0v) is 18.6. The maximum Gasteiger partial charge on any atom is 0.430 e. The van der Waals surface area contributed by atoms with E-state index in [1.165, 1.54) is 0 Å². The SMILES string of the molecule is CC(C)CC(C(=O)OCC(O)COC(C(F)(F)F)(C(F)(F)F)C(O)(C(F)(F)F)C(F)(F)F)C(C)C. The van der Waals surface area contributed by atoms with Gasteiger partial charge in [-0.25, -0.2) is 0 Å². The molecule has 0 radical (unpaired) electrons. The standard InChI is InChI=1S/C18H24F12O5/c1-8(2)5-11(9(3)4)12(32)34-6-10(31)7-35-14(17(25,26)27,18(28,29)30)13(33,15(19,20)21)16(22,23)24/h8-11,31,33H,5-7H2,1-4H3. The van der Waals surface area contributed by atoms with Gasteiger partial charge >= 0.3 is 41.9 Å². The number of hydrogen-bond donors (Lipinski definition) is 2. The molecule has 0 saturated heterocycles. The minimum atomic E-state index is -7.60. The molecule has 5 nitrogen and oxygen atoms in total. The Hall–Kier alpha value is -1.49. The van der Waals surface area contributed by atoms with Crippen molar-refractivity contribution in [2.24, 2.45) is 17.8 Å².